The van der Waals surface area contributed by atoms with Gasteiger partial charge in [-0.3, -0.25) is 4.79 Å². The largest absolute Gasteiger partial charge is 0.355 e. The lowest BCUT2D eigenvalue weighted by atomic mass is 9.97. The van der Waals surface area contributed by atoms with Crippen molar-refractivity contribution in [1.82, 2.24) is 10.2 Å². The summed E-state index contributed by atoms with van der Waals surface area (Å²) >= 11 is 3.27. The van der Waals surface area contributed by atoms with Crippen LogP contribution < -0.4 is 5.32 Å². The average molecular weight is 277 g/mol. The molecule has 88 valence electrons. The van der Waals surface area contributed by atoms with E-state index in [2.05, 4.69) is 33.1 Å². The first-order valence-electron chi connectivity index (χ1n) is 5.77. The molecule has 1 heterocycles. The normalized spacial score (nSPS) is 21.3. The Morgan fingerprint density at radius 1 is 1.53 bits per heavy atom. The molecule has 3 nitrogen and oxygen atoms in total. The quantitative estimate of drug-likeness (QED) is 0.792. The van der Waals surface area contributed by atoms with E-state index in [1.165, 1.54) is 25.9 Å². The fourth-order valence-electron chi connectivity index (χ4n) is 1.89. The van der Waals surface area contributed by atoms with Gasteiger partial charge < -0.3 is 10.2 Å². The summed E-state index contributed by atoms with van der Waals surface area (Å²) in [6.45, 7) is 8.41. The van der Waals surface area contributed by atoms with E-state index in [4.69, 9.17) is 0 Å². The van der Waals surface area contributed by atoms with Crippen LogP contribution in [0.5, 0.6) is 0 Å². The number of piperidine rings is 1. The highest BCUT2D eigenvalue weighted by atomic mass is 79.9. The van der Waals surface area contributed by atoms with Crippen LogP contribution >= 0.6 is 15.9 Å². The van der Waals surface area contributed by atoms with Crippen molar-refractivity contribution in [2.24, 2.45) is 5.92 Å². The van der Waals surface area contributed by atoms with E-state index in [0.717, 1.165) is 13.1 Å². The number of hydrogen-bond donors (Lipinski definition) is 1. The molecule has 1 saturated heterocycles. The second-order valence-electron chi connectivity index (χ2n) is 4.24. The van der Waals surface area contributed by atoms with E-state index < -0.39 is 0 Å². The van der Waals surface area contributed by atoms with Gasteiger partial charge >= 0.3 is 0 Å². The SMILES string of the molecule is CCN1CCC(CNC(=O)C(C)Br)CC1. The zero-order valence-electron chi connectivity index (χ0n) is 9.63. The van der Waals surface area contributed by atoms with Gasteiger partial charge in [-0.05, 0) is 45.3 Å². The van der Waals surface area contributed by atoms with Crippen LogP contribution in [0.4, 0.5) is 0 Å². The molecule has 1 aliphatic rings. The van der Waals surface area contributed by atoms with Gasteiger partial charge in [0.2, 0.25) is 5.91 Å². The van der Waals surface area contributed by atoms with Gasteiger partial charge in [0, 0.05) is 6.54 Å². The molecule has 0 spiro atoms. The summed E-state index contributed by atoms with van der Waals surface area (Å²) in [5, 5.41) is 2.98. The van der Waals surface area contributed by atoms with Crippen LogP contribution in [-0.2, 0) is 4.79 Å². The number of likely N-dealkylation sites (tertiary alicyclic amines) is 1. The summed E-state index contributed by atoms with van der Waals surface area (Å²) in [4.78, 5) is 13.7. The number of carbonyl (C=O) groups excluding carboxylic acids is 1. The zero-order valence-corrected chi connectivity index (χ0v) is 11.2. The highest BCUT2D eigenvalue weighted by molar-refractivity contribution is 9.10. The van der Waals surface area contributed by atoms with Gasteiger partial charge in [0.05, 0.1) is 4.83 Å². The van der Waals surface area contributed by atoms with Crippen LogP contribution in [0.25, 0.3) is 0 Å². The van der Waals surface area contributed by atoms with Gasteiger partial charge in [-0.2, -0.15) is 0 Å². The highest BCUT2D eigenvalue weighted by Gasteiger charge is 2.19. The Labute approximate surface area is 101 Å². The minimum atomic E-state index is -0.0757. The zero-order chi connectivity index (χ0) is 11.3. The van der Waals surface area contributed by atoms with Gasteiger partial charge in [0.25, 0.3) is 0 Å². The third kappa shape index (κ3) is 4.51. The van der Waals surface area contributed by atoms with E-state index >= 15 is 0 Å². The van der Waals surface area contributed by atoms with Gasteiger partial charge in [0.15, 0.2) is 0 Å². The number of nitrogens with one attached hydrogen (secondary N) is 1. The predicted octanol–water partition coefficient (Wildman–Crippen LogP) is 1.62. The standard InChI is InChI=1S/C11H21BrN2O/c1-3-14-6-4-10(5-7-14)8-13-11(15)9(2)12/h9-10H,3-8H2,1-2H3,(H,13,15). The van der Waals surface area contributed by atoms with Crippen LogP contribution in [0.2, 0.25) is 0 Å². The summed E-state index contributed by atoms with van der Waals surface area (Å²) in [7, 11) is 0. The van der Waals surface area contributed by atoms with Gasteiger partial charge in [0.1, 0.15) is 0 Å². The molecule has 0 saturated carbocycles. The van der Waals surface area contributed by atoms with Crippen LogP contribution in [0.3, 0.4) is 0 Å². The Morgan fingerprint density at radius 3 is 2.60 bits per heavy atom. The molecule has 0 aliphatic carbocycles. The monoisotopic (exact) mass is 276 g/mol. The Bertz CT molecular complexity index is 201. The topological polar surface area (TPSA) is 32.3 Å². The first-order chi connectivity index (χ1) is 7.13. The molecular weight excluding hydrogens is 256 g/mol. The molecule has 4 heteroatoms. The Hall–Kier alpha value is -0.0900. The van der Waals surface area contributed by atoms with Crippen molar-refractivity contribution in [3.05, 3.63) is 0 Å². The van der Waals surface area contributed by atoms with E-state index in [-0.39, 0.29) is 10.7 Å². The van der Waals surface area contributed by atoms with E-state index in [1.807, 2.05) is 6.92 Å². The molecule has 1 amide bonds. The number of amides is 1. The summed E-state index contributed by atoms with van der Waals surface area (Å²) < 4.78 is 0. The maximum absolute atomic E-state index is 11.3. The number of hydrogen-bond acceptors (Lipinski definition) is 2. The van der Waals surface area contributed by atoms with Crippen LogP contribution in [0.15, 0.2) is 0 Å². The molecule has 0 aromatic heterocycles. The molecule has 1 atom stereocenters. The summed E-state index contributed by atoms with van der Waals surface area (Å²) in [5.74, 6) is 0.774. The minimum absolute atomic E-state index is 0.0757. The fraction of sp³-hybridized carbons (Fsp3) is 0.909. The molecule has 1 fully saturated rings. The molecule has 1 unspecified atom stereocenters. The molecule has 0 aromatic rings. The lowest BCUT2D eigenvalue weighted by molar-refractivity contribution is -0.120. The number of carbonyl (C=O) groups is 1. The molecule has 1 aliphatic heterocycles. The van der Waals surface area contributed by atoms with Crippen molar-refractivity contribution in [3.63, 3.8) is 0 Å². The number of alkyl halides is 1. The Balaban J connectivity index is 2.16. The molecule has 15 heavy (non-hydrogen) atoms. The average Bonchev–Trinajstić information content (AvgIpc) is 2.26. The van der Waals surface area contributed by atoms with Gasteiger partial charge in [-0.15, -0.1) is 0 Å². The summed E-state index contributed by atoms with van der Waals surface area (Å²) in [5.41, 5.74) is 0. The molecule has 0 bridgehead atoms. The fourth-order valence-corrected chi connectivity index (χ4v) is 2.05. The number of nitrogens with zero attached hydrogens (tertiary/aromatic N) is 1. The van der Waals surface area contributed by atoms with E-state index in [9.17, 15) is 4.79 Å². The lowest BCUT2D eigenvalue weighted by Gasteiger charge is -2.31. The van der Waals surface area contributed by atoms with Crippen LogP contribution in [0.1, 0.15) is 26.7 Å². The van der Waals surface area contributed by atoms with E-state index in [1.54, 1.807) is 0 Å². The Morgan fingerprint density at radius 2 is 2.13 bits per heavy atom. The molecule has 0 radical (unpaired) electrons. The van der Waals surface area contributed by atoms with Crippen molar-refractivity contribution in [2.75, 3.05) is 26.2 Å². The number of halogens is 1. The van der Waals surface area contributed by atoms with Crippen molar-refractivity contribution in [1.29, 1.82) is 0 Å². The first kappa shape index (κ1) is 13.0. The molecule has 1 N–H and O–H groups in total. The first-order valence-corrected chi connectivity index (χ1v) is 6.69. The summed E-state index contributed by atoms with van der Waals surface area (Å²) in [6, 6.07) is 0. The molecule has 0 aromatic carbocycles. The maximum atomic E-state index is 11.3. The lowest BCUT2D eigenvalue weighted by Crippen LogP contribution is -2.39. The highest BCUT2D eigenvalue weighted by Crippen LogP contribution is 2.15. The third-order valence-corrected chi connectivity index (χ3v) is 3.50. The van der Waals surface area contributed by atoms with Crippen molar-refractivity contribution in [2.45, 2.75) is 31.5 Å². The summed E-state index contributed by atoms with van der Waals surface area (Å²) in [6.07, 6.45) is 2.43. The molecular formula is C11H21BrN2O. The second-order valence-corrected chi connectivity index (χ2v) is 5.61. The van der Waals surface area contributed by atoms with Crippen molar-refractivity contribution < 1.29 is 4.79 Å². The van der Waals surface area contributed by atoms with Crippen LogP contribution in [-0.4, -0.2) is 41.8 Å². The van der Waals surface area contributed by atoms with Crippen molar-refractivity contribution >= 4 is 21.8 Å². The van der Waals surface area contributed by atoms with Crippen LogP contribution in [0, 0.1) is 5.92 Å². The van der Waals surface area contributed by atoms with E-state index in [0.29, 0.717) is 5.92 Å². The Kier molecular flexibility index (Phi) is 5.61. The predicted molar refractivity (Wildman–Crippen MR) is 66.2 cm³/mol. The minimum Gasteiger partial charge on any atom is -0.355 e. The van der Waals surface area contributed by atoms with Crippen molar-refractivity contribution in [3.8, 4) is 0 Å². The maximum Gasteiger partial charge on any atom is 0.233 e. The second kappa shape index (κ2) is 6.48. The molecule has 1 rings (SSSR count). The smallest absolute Gasteiger partial charge is 0.233 e. The number of rotatable bonds is 4. The van der Waals surface area contributed by atoms with Gasteiger partial charge in [-0.1, -0.05) is 22.9 Å². The third-order valence-electron chi connectivity index (χ3n) is 3.08. The van der Waals surface area contributed by atoms with Gasteiger partial charge in [-0.25, -0.2) is 0 Å².